The highest BCUT2D eigenvalue weighted by molar-refractivity contribution is 6.69. The number of alkyl halides is 2. The van der Waals surface area contributed by atoms with Crippen LogP contribution in [0.25, 0.3) is 0 Å². The smallest absolute Gasteiger partial charge is 0.314 e. The van der Waals surface area contributed by atoms with Crippen LogP contribution in [0.2, 0.25) is 0 Å². The highest BCUT2D eigenvalue weighted by Gasteiger charge is 2.13. The molecule has 0 N–H and O–H groups in total. The van der Waals surface area contributed by atoms with Gasteiger partial charge < -0.3 is 4.84 Å². The number of carbonyl (C=O) groups is 1. The Morgan fingerprint density at radius 3 is 2.40 bits per heavy atom. The highest BCUT2D eigenvalue weighted by atomic mass is 35.5. The van der Waals surface area contributed by atoms with Gasteiger partial charge >= 0.3 is 5.97 Å². The summed E-state index contributed by atoms with van der Waals surface area (Å²) >= 11 is 16.2. The van der Waals surface area contributed by atoms with Gasteiger partial charge in [-0.3, -0.25) is 0 Å². The zero-order chi connectivity index (χ0) is 11.3. The third-order valence-electron chi connectivity index (χ3n) is 1.41. The molecule has 0 saturated heterocycles. The number of oxime groups is 1. The van der Waals surface area contributed by atoms with E-state index in [9.17, 15) is 4.79 Å². The van der Waals surface area contributed by atoms with Crippen molar-refractivity contribution in [1.29, 1.82) is 0 Å². The van der Waals surface area contributed by atoms with Gasteiger partial charge in [0, 0.05) is 5.56 Å². The summed E-state index contributed by atoms with van der Waals surface area (Å²) in [7, 11) is 0. The average molecular weight is 267 g/mol. The Hall–Kier alpha value is -0.770. The molecule has 0 aliphatic rings. The first-order valence-corrected chi connectivity index (χ1v) is 5.14. The molecule has 1 aromatic rings. The van der Waals surface area contributed by atoms with E-state index in [1.54, 1.807) is 24.3 Å². The van der Waals surface area contributed by atoms with Gasteiger partial charge in [-0.25, -0.2) is 4.79 Å². The van der Waals surface area contributed by atoms with Crippen LogP contribution < -0.4 is 0 Å². The fraction of sp³-hybridized carbons (Fsp3) is 0.111. The van der Waals surface area contributed by atoms with Gasteiger partial charge in [-0.05, 0) is 0 Å². The van der Waals surface area contributed by atoms with Gasteiger partial charge in [-0.1, -0.05) is 70.3 Å². The van der Waals surface area contributed by atoms with Gasteiger partial charge in [0.15, 0.2) is 5.17 Å². The second-order valence-electron chi connectivity index (χ2n) is 2.46. The molecule has 0 unspecified atom stereocenters. The zero-order valence-corrected chi connectivity index (χ0v) is 9.63. The van der Waals surface area contributed by atoms with Gasteiger partial charge in [-0.15, -0.1) is 0 Å². The lowest BCUT2D eigenvalue weighted by atomic mass is 10.2. The first-order valence-electron chi connectivity index (χ1n) is 3.89. The topological polar surface area (TPSA) is 38.7 Å². The van der Waals surface area contributed by atoms with E-state index in [-0.39, 0.29) is 5.17 Å². The third-order valence-corrected chi connectivity index (χ3v) is 2.05. The molecular weight excluding hydrogens is 260 g/mol. The summed E-state index contributed by atoms with van der Waals surface area (Å²) in [5.41, 5.74) is 0.632. The maximum absolute atomic E-state index is 10.8. The minimum atomic E-state index is -1.27. The monoisotopic (exact) mass is 265 g/mol. The zero-order valence-electron chi connectivity index (χ0n) is 7.36. The molecule has 0 aromatic heterocycles. The molecule has 3 nitrogen and oxygen atoms in total. The highest BCUT2D eigenvalue weighted by Crippen LogP contribution is 2.08. The fourth-order valence-electron chi connectivity index (χ4n) is 0.753. The molecule has 15 heavy (non-hydrogen) atoms. The van der Waals surface area contributed by atoms with Crippen molar-refractivity contribution in [3.63, 3.8) is 0 Å². The first kappa shape index (κ1) is 12.3. The molecule has 0 bridgehead atoms. The Bertz CT molecular complexity index is 365. The normalized spacial score (nSPS) is 11.6. The summed E-state index contributed by atoms with van der Waals surface area (Å²) in [4.78, 5) is 13.9. The molecule has 0 saturated carbocycles. The predicted molar refractivity (Wildman–Crippen MR) is 60.4 cm³/mol. The SMILES string of the molecule is O=C(O/N=C(\Cl)c1ccccc1)C(Cl)Cl. The molecule has 0 amide bonds. The standard InChI is InChI=1S/C9H6Cl3NO2/c10-7(11)9(14)15-13-8(12)6-4-2-1-3-5-6/h1-5,7H/b13-8-. The van der Waals surface area contributed by atoms with E-state index in [0.29, 0.717) is 5.56 Å². The molecule has 0 spiro atoms. The molecule has 0 aliphatic carbocycles. The molecule has 0 radical (unpaired) electrons. The Kier molecular flexibility index (Phi) is 4.88. The van der Waals surface area contributed by atoms with Gasteiger partial charge in [0.05, 0.1) is 0 Å². The summed E-state index contributed by atoms with van der Waals surface area (Å²) in [5, 5.41) is 3.43. The molecule has 0 atom stereocenters. The van der Waals surface area contributed by atoms with Crippen LogP contribution in [0.3, 0.4) is 0 Å². The molecule has 1 aromatic carbocycles. The van der Waals surface area contributed by atoms with Gasteiger partial charge in [0.25, 0.3) is 0 Å². The maximum atomic E-state index is 10.8. The van der Waals surface area contributed by atoms with Crippen molar-refractivity contribution >= 4 is 45.9 Å². The quantitative estimate of drug-likeness (QED) is 0.365. The molecule has 0 heterocycles. The second kappa shape index (κ2) is 5.95. The van der Waals surface area contributed by atoms with Crippen molar-refractivity contribution in [1.82, 2.24) is 0 Å². The summed E-state index contributed by atoms with van der Waals surface area (Å²) in [6.07, 6.45) is 0. The lowest BCUT2D eigenvalue weighted by Crippen LogP contribution is -2.09. The van der Waals surface area contributed by atoms with Crippen molar-refractivity contribution in [2.24, 2.45) is 5.16 Å². The molecular formula is C9H6Cl3NO2. The van der Waals surface area contributed by atoms with Gasteiger partial charge in [-0.2, -0.15) is 0 Å². The molecule has 80 valence electrons. The van der Waals surface area contributed by atoms with Crippen LogP contribution in [-0.2, 0) is 9.63 Å². The maximum Gasteiger partial charge on any atom is 0.367 e. The van der Waals surface area contributed by atoms with Crippen LogP contribution in [0.1, 0.15) is 5.56 Å². The summed E-state index contributed by atoms with van der Waals surface area (Å²) < 4.78 is 0. The number of nitrogens with zero attached hydrogens (tertiary/aromatic N) is 1. The first-order chi connectivity index (χ1) is 7.11. The van der Waals surface area contributed by atoms with E-state index >= 15 is 0 Å². The van der Waals surface area contributed by atoms with Gasteiger partial charge in [0.2, 0.25) is 4.84 Å². The van der Waals surface area contributed by atoms with Crippen molar-refractivity contribution in [3.8, 4) is 0 Å². The average Bonchev–Trinajstić information content (AvgIpc) is 2.26. The number of hydrogen-bond donors (Lipinski definition) is 0. The number of carbonyl (C=O) groups excluding carboxylic acids is 1. The Balaban J connectivity index is 2.65. The lowest BCUT2D eigenvalue weighted by Gasteiger charge is -1.99. The summed E-state index contributed by atoms with van der Waals surface area (Å²) in [6.45, 7) is 0. The van der Waals surface area contributed by atoms with E-state index in [1.165, 1.54) is 0 Å². The van der Waals surface area contributed by atoms with Crippen LogP contribution in [-0.4, -0.2) is 16.0 Å². The predicted octanol–water partition coefficient (Wildman–Crippen LogP) is 2.93. The van der Waals surface area contributed by atoms with Crippen LogP contribution in [0.4, 0.5) is 0 Å². The van der Waals surface area contributed by atoms with Gasteiger partial charge in [0.1, 0.15) is 0 Å². The van der Waals surface area contributed by atoms with Crippen LogP contribution in [0.5, 0.6) is 0 Å². The third kappa shape index (κ3) is 4.08. The van der Waals surface area contributed by atoms with E-state index in [2.05, 4.69) is 9.99 Å². The largest absolute Gasteiger partial charge is 0.367 e. The van der Waals surface area contributed by atoms with Crippen molar-refractivity contribution in [2.75, 3.05) is 0 Å². The number of halogens is 3. The molecule has 0 fully saturated rings. The van der Waals surface area contributed by atoms with Crippen molar-refractivity contribution in [3.05, 3.63) is 35.9 Å². The molecule has 1 rings (SSSR count). The Morgan fingerprint density at radius 2 is 1.87 bits per heavy atom. The molecule has 6 heteroatoms. The van der Waals surface area contributed by atoms with E-state index < -0.39 is 10.8 Å². The Morgan fingerprint density at radius 1 is 1.27 bits per heavy atom. The van der Waals surface area contributed by atoms with Crippen molar-refractivity contribution in [2.45, 2.75) is 4.84 Å². The van der Waals surface area contributed by atoms with Crippen molar-refractivity contribution < 1.29 is 9.63 Å². The minimum Gasteiger partial charge on any atom is -0.314 e. The fourth-order valence-corrected chi connectivity index (χ4v) is 0.993. The van der Waals surface area contributed by atoms with E-state index in [1.807, 2.05) is 6.07 Å². The summed E-state index contributed by atoms with van der Waals surface area (Å²) in [5.74, 6) is -0.868. The van der Waals surface area contributed by atoms with Crippen LogP contribution in [0.15, 0.2) is 35.5 Å². The number of hydrogen-bond acceptors (Lipinski definition) is 3. The minimum absolute atomic E-state index is 0.0536. The van der Waals surface area contributed by atoms with Crippen LogP contribution in [0, 0.1) is 0 Å². The second-order valence-corrected chi connectivity index (χ2v) is 3.91. The Labute approximate surface area is 102 Å². The number of rotatable bonds is 3. The summed E-state index contributed by atoms with van der Waals surface area (Å²) in [6, 6.07) is 8.83. The molecule has 0 aliphatic heterocycles. The number of benzene rings is 1. The lowest BCUT2D eigenvalue weighted by molar-refractivity contribution is -0.141. The van der Waals surface area contributed by atoms with Crippen LogP contribution >= 0.6 is 34.8 Å². The van der Waals surface area contributed by atoms with E-state index in [4.69, 9.17) is 34.8 Å². The van der Waals surface area contributed by atoms with E-state index in [0.717, 1.165) is 0 Å².